The monoisotopic (exact) mass is 362 g/mol. The van der Waals surface area contributed by atoms with Crippen LogP contribution in [-0.4, -0.2) is 20.9 Å². The maximum atomic E-state index is 13.8. The summed E-state index contributed by atoms with van der Waals surface area (Å²) in [4.78, 5) is 27.0. The van der Waals surface area contributed by atoms with Crippen LogP contribution in [-0.2, 0) is 10.2 Å². The molecule has 2 aromatic heterocycles. The van der Waals surface area contributed by atoms with E-state index in [0.717, 1.165) is 27.9 Å². The fourth-order valence-corrected chi connectivity index (χ4v) is 3.44. The predicted octanol–water partition coefficient (Wildman–Crippen LogP) is 4.25. The van der Waals surface area contributed by atoms with Crippen molar-refractivity contribution < 1.29 is 9.18 Å². The van der Waals surface area contributed by atoms with Gasteiger partial charge in [-0.3, -0.25) is 9.69 Å². The van der Waals surface area contributed by atoms with Gasteiger partial charge < -0.3 is 0 Å². The standard InChI is InChI=1S/C21H19FN4O/c1-12-9-25-19(22)8-17(12)26-18-7-14(15-10-23-13(2)24-11-15)5-6-16(18)21(3,4)20(26)27/h5-11H,1-4H3. The Bertz CT molecular complexity index is 1060. The minimum absolute atomic E-state index is 0.0940. The summed E-state index contributed by atoms with van der Waals surface area (Å²) in [5.41, 5.74) is 3.95. The van der Waals surface area contributed by atoms with Gasteiger partial charge >= 0.3 is 0 Å². The van der Waals surface area contributed by atoms with Crippen molar-refractivity contribution in [2.45, 2.75) is 33.1 Å². The van der Waals surface area contributed by atoms with Gasteiger partial charge in [-0.25, -0.2) is 15.0 Å². The van der Waals surface area contributed by atoms with Crippen LogP contribution in [0.25, 0.3) is 11.1 Å². The van der Waals surface area contributed by atoms with Crippen LogP contribution in [0.2, 0.25) is 0 Å². The number of hydrogen-bond acceptors (Lipinski definition) is 4. The number of benzene rings is 1. The zero-order valence-electron chi connectivity index (χ0n) is 15.6. The third-order valence-electron chi connectivity index (χ3n) is 5.05. The van der Waals surface area contributed by atoms with Crippen molar-refractivity contribution >= 4 is 17.3 Å². The highest BCUT2D eigenvalue weighted by atomic mass is 19.1. The highest BCUT2D eigenvalue weighted by Crippen LogP contribution is 2.47. The average Bonchev–Trinajstić information content (AvgIpc) is 2.84. The molecule has 3 aromatic rings. The van der Waals surface area contributed by atoms with E-state index in [2.05, 4.69) is 15.0 Å². The number of halogens is 1. The van der Waals surface area contributed by atoms with Gasteiger partial charge in [0.25, 0.3) is 0 Å². The van der Waals surface area contributed by atoms with Crippen molar-refractivity contribution in [2.24, 2.45) is 0 Å². The van der Waals surface area contributed by atoms with E-state index in [1.807, 2.05) is 45.9 Å². The molecule has 0 radical (unpaired) electrons. The van der Waals surface area contributed by atoms with Gasteiger partial charge in [0.2, 0.25) is 11.9 Å². The zero-order chi connectivity index (χ0) is 19.3. The number of pyridine rings is 1. The van der Waals surface area contributed by atoms with Crippen molar-refractivity contribution in [3.05, 3.63) is 65.8 Å². The van der Waals surface area contributed by atoms with E-state index in [9.17, 15) is 9.18 Å². The number of hydrogen-bond donors (Lipinski definition) is 0. The largest absolute Gasteiger partial charge is 0.279 e. The van der Waals surface area contributed by atoms with Crippen molar-refractivity contribution in [3.63, 3.8) is 0 Å². The first-order valence-corrected chi connectivity index (χ1v) is 8.69. The second-order valence-electron chi connectivity index (χ2n) is 7.31. The number of carbonyl (C=O) groups is 1. The van der Waals surface area contributed by atoms with Crippen molar-refractivity contribution in [1.82, 2.24) is 15.0 Å². The van der Waals surface area contributed by atoms with Gasteiger partial charge in [-0.1, -0.05) is 12.1 Å². The van der Waals surface area contributed by atoms with Crippen molar-refractivity contribution in [1.29, 1.82) is 0 Å². The van der Waals surface area contributed by atoms with Crippen molar-refractivity contribution in [2.75, 3.05) is 4.90 Å². The molecule has 0 fully saturated rings. The maximum absolute atomic E-state index is 13.8. The SMILES string of the molecule is Cc1ncc(-c2ccc3c(c2)N(c2cc(F)ncc2C)C(=O)C3(C)C)cn1. The number of nitrogens with zero attached hydrogens (tertiary/aromatic N) is 4. The molecule has 1 aliphatic rings. The molecule has 0 spiro atoms. The Morgan fingerprint density at radius 2 is 1.63 bits per heavy atom. The minimum Gasteiger partial charge on any atom is -0.279 e. The number of amides is 1. The first-order valence-electron chi connectivity index (χ1n) is 8.69. The van der Waals surface area contributed by atoms with Crippen LogP contribution in [0.4, 0.5) is 15.8 Å². The van der Waals surface area contributed by atoms with Gasteiger partial charge in [0.15, 0.2) is 0 Å². The molecule has 0 atom stereocenters. The topological polar surface area (TPSA) is 59.0 Å². The molecule has 6 heteroatoms. The van der Waals surface area contributed by atoms with Crippen LogP contribution in [0.1, 0.15) is 30.8 Å². The van der Waals surface area contributed by atoms with E-state index >= 15 is 0 Å². The molecular weight excluding hydrogens is 343 g/mol. The Hall–Kier alpha value is -3.15. The molecule has 0 saturated heterocycles. The second-order valence-corrected chi connectivity index (χ2v) is 7.31. The Morgan fingerprint density at radius 3 is 2.33 bits per heavy atom. The van der Waals surface area contributed by atoms with E-state index in [4.69, 9.17) is 0 Å². The summed E-state index contributed by atoms with van der Waals surface area (Å²) in [5, 5.41) is 0. The lowest BCUT2D eigenvalue weighted by molar-refractivity contribution is -0.121. The summed E-state index contributed by atoms with van der Waals surface area (Å²) in [5.74, 6) is -0.0121. The Labute approximate surface area is 156 Å². The molecule has 136 valence electrons. The number of aryl methyl sites for hydroxylation is 2. The van der Waals surface area contributed by atoms with Gasteiger partial charge in [-0.15, -0.1) is 0 Å². The number of fused-ring (bicyclic) bond motifs is 1. The lowest BCUT2D eigenvalue weighted by atomic mass is 9.85. The fourth-order valence-electron chi connectivity index (χ4n) is 3.44. The third kappa shape index (κ3) is 2.68. The summed E-state index contributed by atoms with van der Waals surface area (Å²) in [6.07, 6.45) is 4.96. The third-order valence-corrected chi connectivity index (χ3v) is 5.05. The molecule has 0 unspecified atom stereocenters. The van der Waals surface area contributed by atoms with E-state index in [-0.39, 0.29) is 5.91 Å². The fraction of sp³-hybridized carbons (Fsp3) is 0.238. The first-order chi connectivity index (χ1) is 12.8. The number of anilines is 2. The zero-order valence-corrected chi connectivity index (χ0v) is 15.6. The molecule has 1 aromatic carbocycles. The molecule has 0 aliphatic carbocycles. The number of rotatable bonds is 2. The Balaban J connectivity index is 1.92. The minimum atomic E-state index is -0.705. The molecule has 0 bridgehead atoms. The molecule has 0 saturated carbocycles. The van der Waals surface area contributed by atoms with E-state index in [1.165, 1.54) is 12.3 Å². The summed E-state index contributed by atoms with van der Waals surface area (Å²) in [7, 11) is 0. The van der Waals surface area contributed by atoms with Crippen LogP contribution in [0, 0.1) is 19.8 Å². The molecule has 1 amide bonds. The molecule has 27 heavy (non-hydrogen) atoms. The smallest absolute Gasteiger partial charge is 0.241 e. The first kappa shape index (κ1) is 17.3. The predicted molar refractivity (Wildman–Crippen MR) is 101 cm³/mol. The lowest BCUT2D eigenvalue weighted by Gasteiger charge is -2.22. The highest BCUT2D eigenvalue weighted by Gasteiger charge is 2.45. The number of carbonyl (C=O) groups excluding carboxylic acids is 1. The van der Waals surface area contributed by atoms with Gasteiger partial charge in [0.05, 0.1) is 16.8 Å². The molecule has 0 N–H and O–H groups in total. The van der Waals surface area contributed by atoms with Gasteiger partial charge in [0.1, 0.15) is 5.82 Å². The van der Waals surface area contributed by atoms with Crippen LogP contribution in [0.3, 0.4) is 0 Å². The molecular formula is C21H19FN4O. The van der Waals surface area contributed by atoms with Crippen molar-refractivity contribution in [3.8, 4) is 11.1 Å². The average molecular weight is 362 g/mol. The normalized spacial score (nSPS) is 15.1. The molecule has 4 rings (SSSR count). The Morgan fingerprint density at radius 1 is 0.926 bits per heavy atom. The van der Waals surface area contributed by atoms with Crippen LogP contribution in [0.5, 0.6) is 0 Å². The van der Waals surface area contributed by atoms with E-state index in [1.54, 1.807) is 17.3 Å². The van der Waals surface area contributed by atoms with Crippen LogP contribution in [0.15, 0.2) is 42.9 Å². The maximum Gasteiger partial charge on any atom is 0.241 e. The summed E-state index contributed by atoms with van der Waals surface area (Å²) >= 11 is 0. The van der Waals surface area contributed by atoms with Gasteiger partial charge in [-0.2, -0.15) is 4.39 Å². The summed E-state index contributed by atoms with van der Waals surface area (Å²) in [6.45, 7) is 7.42. The van der Waals surface area contributed by atoms with E-state index in [0.29, 0.717) is 11.5 Å². The molecule has 3 heterocycles. The summed E-state index contributed by atoms with van der Waals surface area (Å²) in [6, 6.07) is 7.16. The lowest BCUT2D eigenvalue weighted by Crippen LogP contribution is -2.33. The van der Waals surface area contributed by atoms with Crippen LogP contribution >= 0.6 is 0 Å². The van der Waals surface area contributed by atoms with E-state index < -0.39 is 11.4 Å². The Kier molecular flexibility index (Phi) is 3.80. The number of aromatic nitrogens is 3. The van der Waals surface area contributed by atoms with Gasteiger partial charge in [-0.05, 0) is 50.5 Å². The van der Waals surface area contributed by atoms with Gasteiger partial charge in [0, 0.05) is 30.2 Å². The van der Waals surface area contributed by atoms with Crippen LogP contribution < -0.4 is 4.90 Å². The quantitative estimate of drug-likeness (QED) is 0.640. The summed E-state index contributed by atoms with van der Waals surface area (Å²) < 4.78 is 13.8. The highest BCUT2D eigenvalue weighted by molar-refractivity contribution is 6.13. The second kappa shape index (κ2) is 5.94. The molecule has 5 nitrogen and oxygen atoms in total. The molecule has 1 aliphatic heterocycles.